The first-order valence-electron chi connectivity index (χ1n) is 4.92. The van der Waals surface area contributed by atoms with Crippen LogP contribution in [0.2, 0.25) is 0 Å². The summed E-state index contributed by atoms with van der Waals surface area (Å²) in [5, 5.41) is 8.80. The van der Waals surface area contributed by atoms with E-state index in [0.29, 0.717) is 11.5 Å². The van der Waals surface area contributed by atoms with Crippen LogP contribution in [-0.4, -0.2) is 11.1 Å². The van der Waals surface area contributed by atoms with Crippen LogP contribution in [0.4, 0.5) is 0 Å². The molecule has 13 heavy (non-hydrogen) atoms. The van der Waals surface area contributed by atoms with Gasteiger partial charge in [-0.25, -0.2) is 4.79 Å². The van der Waals surface area contributed by atoms with Crippen molar-refractivity contribution in [3.63, 3.8) is 0 Å². The summed E-state index contributed by atoms with van der Waals surface area (Å²) in [4.78, 5) is 10.7. The molecule has 0 saturated heterocycles. The van der Waals surface area contributed by atoms with Crippen molar-refractivity contribution in [1.82, 2.24) is 0 Å². The van der Waals surface area contributed by atoms with Crippen molar-refractivity contribution < 1.29 is 9.90 Å². The van der Waals surface area contributed by atoms with Crippen molar-refractivity contribution in [2.24, 2.45) is 11.8 Å². The highest BCUT2D eigenvalue weighted by atomic mass is 16.4. The predicted molar refractivity (Wildman–Crippen MR) is 54.6 cm³/mol. The lowest BCUT2D eigenvalue weighted by atomic mass is 9.85. The van der Waals surface area contributed by atoms with E-state index in [-0.39, 0.29) is 5.92 Å². The topological polar surface area (TPSA) is 37.3 Å². The molecular formula is C11H20O2. The maximum atomic E-state index is 10.7. The van der Waals surface area contributed by atoms with Gasteiger partial charge in [-0.1, -0.05) is 40.2 Å². The van der Waals surface area contributed by atoms with Gasteiger partial charge in [-0.15, -0.1) is 0 Å². The number of aliphatic carboxylic acids is 1. The monoisotopic (exact) mass is 184 g/mol. The zero-order valence-corrected chi connectivity index (χ0v) is 8.84. The first kappa shape index (κ1) is 12.2. The van der Waals surface area contributed by atoms with Gasteiger partial charge < -0.3 is 5.11 Å². The maximum absolute atomic E-state index is 10.7. The Labute approximate surface area is 80.7 Å². The molecule has 0 rings (SSSR count). The third-order valence-electron chi connectivity index (χ3n) is 2.40. The summed E-state index contributed by atoms with van der Waals surface area (Å²) in [6.07, 6.45) is 3.13. The zero-order chi connectivity index (χ0) is 10.4. The minimum Gasteiger partial charge on any atom is -0.478 e. The van der Waals surface area contributed by atoms with Crippen molar-refractivity contribution in [1.29, 1.82) is 0 Å². The Hall–Kier alpha value is -0.790. The number of hydrogen-bond acceptors (Lipinski definition) is 1. The van der Waals surface area contributed by atoms with Gasteiger partial charge in [-0.2, -0.15) is 0 Å². The van der Waals surface area contributed by atoms with Crippen LogP contribution in [0.5, 0.6) is 0 Å². The molecule has 2 heteroatoms. The third-order valence-corrected chi connectivity index (χ3v) is 2.40. The number of carbonyl (C=O) groups is 1. The molecular weight excluding hydrogens is 164 g/mol. The molecule has 1 unspecified atom stereocenters. The van der Waals surface area contributed by atoms with E-state index in [0.717, 1.165) is 19.3 Å². The van der Waals surface area contributed by atoms with Crippen LogP contribution < -0.4 is 0 Å². The van der Waals surface area contributed by atoms with E-state index in [9.17, 15) is 4.79 Å². The summed E-state index contributed by atoms with van der Waals surface area (Å²) >= 11 is 0. The second-order valence-electron chi connectivity index (χ2n) is 3.82. The minimum atomic E-state index is -0.852. The number of hydrogen-bond donors (Lipinski definition) is 1. The van der Waals surface area contributed by atoms with Crippen LogP contribution in [0.15, 0.2) is 12.2 Å². The fourth-order valence-corrected chi connectivity index (χ4v) is 1.49. The van der Waals surface area contributed by atoms with E-state index in [4.69, 9.17) is 5.11 Å². The second-order valence-corrected chi connectivity index (χ2v) is 3.82. The average Bonchev–Trinajstić information content (AvgIpc) is 2.04. The molecule has 0 bridgehead atoms. The Morgan fingerprint density at radius 3 is 2.31 bits per heavy atom. The molecule has 0 aromatic rings. The Morgan fingerprint density at radius 1 is 1.46 bits per heavy atom. The fourth-order valence-electron chi connectivity index (χ4n) is 1.49. The first-order valence-corrected chi connectivity index (χ1v) is 4.92. The molecule has 0 fully saturated rings. The molecule has 0 radical (unpaired) electrons. The van der Waals surface area contributed by atoms with E-state index in [1.807, 2.05) is 0 Å². The Morgan fingerprint density at radius 2 is 2.00 bits per heavy atom. The molecule has 76 valence electrons. The van der Waals surface area contributed by atoms with E-state index >= 15 is 0 Å². The molecule has 0 aromatic carbocycles. The van der Waals surface area contributed by atoms with Gasteiger partial charge in [0.1, 0.15) is 0 Å². The summed E-state index contributed by atoms with van der Waals surface area (Å²) in [6, 6.07) is 0. The summed E-state index contributed by atoms with van der Waals surface area (Å²) < 4.78 is 0. The van der Waals surface area contributed by atoms with Crippen molar-refractivity contribution in [2.75, 3.05) is 0 Å². The smallest absolute Gasteiger partial charge is 0.331 e. The lowest BCUT2D eigenvalue weighted by molar-refractivity contribution is -0.133. The zero-order valence-electron chi connectivity index (χ0n) is 8.84. The van der Waals surface area contributed by atoms with Crippen LogP contribution in [0, 0.1) is 11.8 Å². The first-order chi connectivity index (χ1) is 6.00. The SMILES string of the molecule is C=C(C(=O)O)C(CCCC)C(C)C. The summed E-state index contributed by atoms with van der Waals surface area (Å²) in [5.41, 5.74) is 0.364. The number of rotatable bonds is 6. The van der Waals surface area contributed by atoms with Crippen molar-refractivity contribution in [2.45, 2.75) is 40.0 Å². The highest BCUT2D eigenvalue weighted by Crippen LogP contribution is 2.25. The molecule has 0 aliphatic heterocycles. The lowest BCUT2D eigenvalue weighted by Gasteiger charge is -2.20. The van der Waals surface area contributed by atoms with Crippen LogP contribution in [0.1, 0.15) is 40.0 Å². The summed E-state index contributed by atoms with van der Waals surface area (Å²) in [6.45, 7) is 9.84. The van der Waals surface area contributed by atoms with Gasteiger partial charge in [0.2, 0.25) is 0 Å². The molecule has 2 nitrogen and oxygen atoms in total. The molecule has 0 aromatic heterocycles. The highest BCUT2D eigenvalue weighted by molar-refractivity contribution is 5.86. The van der Waals surface area contributed by atoms with Crippen molar-refractivity contribution in [3.05, 3.63) is 12.2 Å². The molecule has 0 saturated carbocycles. The minimum absolute atomic E-state index is 0.137. The number of carboxylic acid groups (broad SMARTS) is 1. The maximum Gasteiger partial charge on any atom is 0.331 e. The normalized spacial score (nSPS) is 12.9. The largest absolute Gasteiger partial charge is 0.478 e. The molecule has 0 amide bonds. The van der Waals surface area contributed by atoms with Crippen LogP contribution in [0.3, 0.4) is 0 Å². The summed E-state index contributed by atoms with van der Waals surface area (Å²) in [5.74, 6) is -0.345. The van der Waals surface area contributed by atoms with Crippen molar-refractivity contribution in [3.8, 4) is 0 Å². The average molecular weight is 184 g/mol. The molecule has 0 aliphatic rings. The van der Waals surface area contributed by atoms with Crippen LogP contribution in [0.25, 0.3) is 0 Å². The van der Waals surface area contributed by atoms with Crippen molar-refractivity contribution >= 4 is 5.97 Å². The number of unbranched alkanes of at least 4 members (excludes halogenated alkanes) is 1. The van der Waals surface area contributed by atoms with Gasteiger partial charge >= 0.3 is 5.97 Å². The quantitative estimate of drug-likeness (QED) is 0.644. The molecule has 1 N–H and O–H groups in total. The van der Waals surface area contributed by atoms with E-state index in [1.54, 1.807) is 0 Å². The molecule has 1 atom stereocenters. The van der Waals surface area contributed by atoms with Crippen LogP contribution >= 0.6 is 0 Å². The predicted octanol–water partition coefficient (Wildman–Crippen LogP) is 3.09. The lowest BCUT2D eigenvalue weighted by Crippen LogP contribution is -2.17. The number of carboxylic acids is 1. The van der Waals surface area contributed by atoms with Gasteiger partial charge in [0.05, 0.1) is 0 Å². The van der Waals surface area contributed by atoms with Gasteiger partial charge in [0.25, 0.3) is 0 Å². The molecule has 0 aliphatic carbocycles. The standard InChI is InChI=1S/C11H20O2/c1-5-6-7-10(8(2)3)9(4)11(12)13/h8,10H,4-7H2,1-3H3,(H,12,13). The molecule has 0 spiro atoms. The van der Waals surface area contributed by atoms with E-state index in [2.05, 4.69) is 27.4 Å². The highest BCUT2D eigenvalue weighted by Gasteiger charge is 2.20. The molecule has 0 heterocycles. The fraction of sp³-hybridized carbons (Fsp3) is 0.727. The summed E-state index contributed by atoms with van der Waals surface area (Å²) in [7, 11) is 0. The third kappa shape index (κ3) is 4.11. The van der Waals surface area contributed by atoms with Crippen LogP contribution in [-0.2, 0) is 4.79 Å². The Kier molecular flexibility index (Phi) is 5.44. The van der Waals surface area contributed by atoms with Gasteiger partial charge in [-0.05, 0) is 18.3 Å². The van der Waals surface area contributed by atoms with Gasteiger partial charge in [-0.3, -0.25) is 0 Å². The van der Waals surface area contributed by atoms with Gasteiger partial charge in [0.15, 0.2) is 0 Å². The van der Waals surface area contributed by atoms with E-state index < -0.39 is 5.97 Å². The Balaban J connectivity index is 4.24. The van der Waals surface area contributed by atoms with E-state index in [1.165, 1.54) is 0 Å². The Bertz CT molecular complexity index is 183. The second kappa shape index (κ2) is 5.79. The van der Waals surface area contributed by atoms with Gasteiger partial charge in [0, 0.05) is 5.57 Å².